The average Bonchev–Trinajstić information content (AvgIpc) is 3.54. The van der Waals surface area contributed by atoms with Crippen molar-refractivity contribution in [1.29, 1.82) is 0 Å². The SMILES string of the molecule is CC(C)(C)c1cc(-c2ccc3c(c2)-c2ccccc2C3(C)C)ccc1N(c1ccc(-c2ccccc2)cc1)c1ccc2c(c1)C(C)(C)c1ccccc1-2. The van der Waals surface area contributed by atoms with Crippen LogP contribution in [-0.2, 0) is 16.2 Å². The van der Waals surface area contributed by atoms with E-state index in [4.69, 9.17) is 0 Å². The molecule has 2 aliphatic carbocycles. The molecule has 0 aliphatic heterocycles. The lowest BCUT2D eigenvalue weighted by atomic mass is 9.81. The van der Waals surface area contributed by atoms with Gasteiger partial charge in [-0.2, -0.15) is 0 Å². The van der Waals surface area contributed by atoms with Crippen LogP contribution in [0.5, 0.6) is 0 Å². The van der Waals surface area contributed by atoms with Gasteiger partial charge in [-0.05, 0) is 120 Å². The Labute approximate surface area is 315 Å². The Kier molecular flexibility index (Phi) is 7.48. The van der Waals surface area contributed by atoms with Gasteiger partial charge in [0.25, 0.3) is 0 Å². The Morgan fingerprint density at radius 2 is 0.868 bits per heavy atom. The van der Waals surface area contributed by atoms with E-state index in [9.17, 15) is 0 Å². The molecule has 2 aliphatic rings. The third-order valence-electron chi connectivity index (χ3n) is 12.0. The molecule has 0 atom stereocenters. The van der Waals surface area contributed by atoms with Crippen LogP contribution in [0.3, 0.4) is 0 Å². The van der Waals surface area contributed by atoms with E-state index in [0.29, 0.717) is 0 Å². The Hall–Kier alpha value is -5.66. The van der Waals surface area contributed by atoms with Gasteiger partial charge < -0.3 is 4.90 Å². The highest BCUT2D eigenvalue weighted by Gasteiger charge is 2.37. The predicted octanol–water partition coefficient (Wildman–Crippen LogP) is 14.4. The van der Waals surface area contributed by atoms with Crippen molar-refractivity contribution in [2.24, 2.45) is 0 Å². The molecule has 0 spiro atoms. The van der Waals surface area contributed by atoms with Crippen LogP contribution in [0.15, 0.2) is 158 Å². The number of nitrogens with zero attached hydrogens (tertiary/aromatic N) is 1. The fourth-order valence-electron chi connectivity index (χ4n) is 9.10. The monoisotopic (exact) mass is 685 g/mol. The molecule has 0 unspecified atom stereocenters. The second kappa shape index (κ2) is 11.9. The molecular weight excluding hydrogens is 639 g/mol. The van der Waals surface area contributed by atoms with Crippen LogP contribution in [-0.4, -0.2) is 0 Å². The first kappa shape index (κ1) is 33.2. The van der Waals surface area contributed by atoms with Gasteiger partial charge in [0.2, 0.25) is 0 Å². The van der Waals surface area contributed by atoms with Crippen LogP contribution in [0.4, 0.5) is 17.1 Å². The van der Waals surface area contributed by atoms with Gasteiger partial charge >= 0.3 is 0 Å². The topological polar surface area (TPSA) is 3.24 Å². The zero-order valence-electron chi connectivity index (χ0n) is 32.0. The molecule has 0 aromatic heterocycles. The molecule has 0 fully saturated rings. The summed E-state index contributed by atoms with van der Waals surface area (Å²) in [4.78, 5) is 2.49. The minimum absolute atomic E-state index is 0.00671. The third kappa shape index (κ3) is 5.28. The van der Waals surface area contributed by atoms with Gasteiger partial charge in [-0.1, -0.05) is 164 Å². The molecule has 53 heavy (non-hydrogen) atoms. The first-order valence-corrected chi connectivity index (χ1v) is 19.0. The molecule has 7 aromatic carbocycles. The summed E-state index contributed by atoms with van der Waals surface area (Å²) in [6, 6.07) is 58.9. The van der Waals surface area contributed by atoms with Crippen LogP contribution in [0.2, 0.25) is 0 Å². The predicted molar refractivity (Wildman–Crippen MR) is 226 cm³/mol. The van der Waals surface area contributed by atoms with E-state index in [1.54, 1.807) is 0 Å². The Balaban J connectivity index is 1.21. The smallest absolute Gasteiger partial charge is 0.0499 e. The van der Waals surface area contributed by atoms with E-state index in [1.807, 2.05) is 0 Å². The summed E-state index contributed by atoms with van der Waals surface area (Å²) in [6.07, 6.45) is 0. The highest BCUT2D eigenvalue weighted by molar-refractivity contribution is 5.89. The van der Waals surface area contributed by atoms with Crippen molar-refractivity contribution in [3.8, 4) is 44.5 Å². The van der Waals surface area contributed by atoms with Gasteiger partial charge in [0.1, 0.15) is 0 Å². The molecule has 0 saturated heterocycles. The van der Waals surface area contributed by atoms with Crippen molar-refractivity contribution in [3.05, 3.63) is 186 Å². The van der Waals surface area contributed by atoms with Gasteiger partial charge in [0.05, 0.1) is 0 Å². The van der Waals surface area contributed by atoms with E-state index in [0.717, 1.165) is 5.69 Å². The van der Waals surface area contributed by atoms with E-state index >= 15 is 0 Å². The van der Waals surface area contributed by atoms with Crippen molar-refractivity contribution < 1.29 is 0 Å². The van der Waals surface area contributed by atoms with E-state index in [-0.39, 0.29) is 16.2 Å². The summed E-state index contributed by atoms with van der Waals surface area (Å²) in [6.45, 7) is 16.5. The molecule has 7 aromatic rings. The lowest BCUT2D eigenvalue weighted by molar-refractivity contribution is 0.591. The summed E-state index contributed by atoms with van der Waals surface area (Å²) >= 11 is 0. The number of benzene rings is 7. The highest BCUT2D eigenvalue weighted by atomic mass is 15.1. The number of hydrogen-bond acceptors (Lipinski definition) is 1. The van der Waals surface area contributed by atoms with E-state index < -0.39 is 0 Å². The van der Waals surface area contributed by atoms with Crippen molar-refractivity contribution in [2.45, 2.75) is 64.7 Å². The van der Waals surface area contributed by atoms with Gasteiger partial charge in [0, 0.05) is 27.9 Å². The molecule has 9 rings (SSSR count). The molecule has 1 heteroatoms. The first-order chi connectivity index (χ1) is 25.4. The summed E-state index contributed by atoms with van der Waals surface area (Å²) in [7, 11) is 0. The fraction of sp³-hybridized carbons (Fsp3) is 0.192. The molecule has 0 saturated carbocycles. The average molecular weight is 686 g/mol. The Bertz CT molecular complexity index is 2530. The molecule has 0 radical (unpaired) electrons. The maximum Gasteiger partial charge on any atom is 0.0499 e. The molecule has 260 valence electrons. The maximum atomic E-state index is 2.49. The molecule has 0 N–H and O–H groups in total. The lowest BCUT2D eigenvalue weighted by Crippen LogP contribution is -2.20. The van der Waals surface area contributed by atoms with Crippen molar-refractivity contribution in [1.82, 2.24) is 0 Å². The van der Waals surface area contributed by atoms with Crippen molar-refractivity contribution in [3.63, 3.8) is 0 Å². The molecule has 0 amide bonds. The van der Waals surface area contributed by atoms with Gasteiger partial charge in [-0.25, -0.2) is 0 Å². The molecule has 0 bridgehead atoms. The summed E-state index contributed by atoms with van der Waals surface area (Å²) in [5.74, 6) is 0. The van der Waals surface area contributed by atoms with Crippen LogP contribution in [0.1, 0.15) is 76.3 Å². The standard InChI is InChI=1S/C52H47N/c1-50(2,3)48-32-37(36-23-29-46-43(31-36)41-18-12-14-20-45(41)51(46,4)5)24-30-49(48)53(38-25-21-35(22-26-38)34-15-9-8-10-16-34)39-27-28-42-40-17-11-13-19-44(40)52(6,7)47(42)33-39/h8-33H,1-7H3. The minimum atomic E-state index is -0.120. The van der Waals surface area contributed by atoms with Crippen molar-refractivity contribution >= 4 is 17.1 Å². The van der Waals surface area contributed by atoms with Gasteiger partial charge in [-0.15, -0.1) is 0 Å². The van der Waals surface area contributed by atoms with Crippen LogP contribution >= 0.6 is 0 Å². The van der Waals surface area contributed by atoms with Crippen LogP contribution in [0.25, 0.3) is 44.5 Å². The Morgan fingerprint density at radius 1 is 0.377 bits per heavy atom. The van der Waals surface area contributed by atoms with Crippen LogP contribution in [0, 0.1) is 0 Å². The Morgan fingerprint density at radius 3 is 1.55 bits per heavy atom. The maximum absolute atomic E-state index is 2.49. The zero-order chi connectivity index (χ0) is 36.7. The highest BCUT2D eigenvalue weighted by Crippen LogP contribution is 2.52. The second-order valence-electron chi connectivity index (χ2n) is 17.1. The van der Waals surface area contributed by atoms with E-state index in [2.05, 4.69) is 211 Å². The summed E-state index contributed by atoms with van der Waals surface area (Å²) in [5, 5.41) is 0. The number of fused-ring (bicyclic) bond motifs is 6. The first-order valence-electron chi connectivity index (χ1n) is 19.0. The van der Waals surface area contributed by atoms with E-state index in [1.165, 1.54) is 83.7 Å². The number of rotatable bonds is 5. The summed E-state index contributed by atoms with van der Waals surface area (Å²) in [5.41, 5.74) is 20.5. The largest absolute Gasteiger partial charge is 0.310 e. The number of anilines is 3. The minimum Gasteiger partial charge on any atom is -0.310 e. The molecule has 1 nitrogen and oxygen atoms in total. The molecule has 0 heterocycles. The third-order valence-corrected chi connectivity index (χ3v) is 12.0. The lowest BCUT2D eigenvalue weighted by Gasteiger charge is -2.33. The van der Waals surface area contributed by atoms with Crippen molar-refractivity contribution in [2.75, 3.05) is 4.90 Å². The van der Waals surface area contributed by atoms with Crippen LogP contribution < -0.4 is 4.90 Å². The fourth-order valence-corrected chi connectivity index (χ4v) is 9.10. The number of hydrogen-bond donors (Lipinski definition) is 0. The summed E-state index contributed by atoms with van der Waals surface area (Å²) < 4.78 is 0. The molecular formula is C52H47N. The van der Waals surface area contributed by atoms with Gasteiger partial charge in [0.15, 0.2) is 0 Å². The normalized spacial score (nSPS) is 14.6. The zero-order valence-corrected chi connectivity index (χ0v) is 32.0. The quantitative estimate of drug-likeness (QED) is 0.174. The van der Waals surface area contributed by atoms with Gasteiger partial charge in [-0.3, -0.25) is 0 Å². The second-order valence-corrected chi connectivity index (χ2v) is 17.1.